The van der Waals surface area contributed by atoms with E-state index in [1.54, 1.807) is 137 Å². The standard InChI is InChI=1S/C21H20O3.C20H18O3.C9H10O2.C7H8O.C6H6O.C2H3ClO.Al.BBr3.3ClH/c1-21(15-3-9-18(22)10-4-15,16-5-11-19(23)12-6-16)17-7-13-20(24-2)14-8-17;1-20(14-2-8-17(21)9-3-14,15-4-10-18(22)11-5-15)16-6-12-19(23)13-7-16;1-7(10)8-3-5-9(11-2)6-4-8;1-8-7-5-3-2-4-6-7;7-6-4-2-1-3-5-6;1-2(3)4;;2-1(3)4;;;/h3-14,22-23H,1-2H3;2-13,21-23H,1H3;3-6H,1-2H3;2-6H,1H3;1-5,7H;1H3;;;3*1H/q;;;;;;+3;;;;/p-3. The van der Waals surface area contributed by atoms with E-state index in [4.69, 9.17) is 49.5 Å². The molecule has 0 aliphatic heterocycles. The maximum absolute atomic E-state index is 10.8. The maximum Gasteiger partial charge on any atom is 0.643 e. The molecular formula is C65H65AlBBr3Cl4O11. The highest BCUT2D eigenvalue weighted by atomic mass is 79.9. The second-order valence-corrected chi connectivity index (χ2v) is 31.2. The van der Waals surface area contributed by atoms with Crippen molar-refractivity contribution in [2.24, 2.45) is 0 Å². The second kappa shape index (κ2) is 40.2. The number of para-hydroxylation sites is 2. The van der Waals surface area contributed by atoms with Gasteiger partial charge in [-0.2, -0.15) is 0 Å². The fourth-order valence-corrected chi connectivity index (χ4v) is 7.71. The van der Waals surface area contributed by atoms with Crippen LogP contribution in [0.5, 0.6) is 51.7 Å². The van der Waals surface area contributed by atoms with Crippen molar-refractivity contribution >= 4 is 115 Å². The summed E-state index contributed by atoms with van der Waals surface area (Å²) in [6.07, 6.45) is 0. The number of ketones is 1. The number of methoxy groups -OCH3 is 3. The minimum atomic E-state index is -1.72. The van der Waals surface area contributed by atoms with Crippen molar-refractivity contribution in [1.29, 1.82) is 0 Å². The van der Waals surface area contributed by atoms with Crippen LogP contribution in [-0.2, 0) is 15.6 Å². The molecule has 9 aromatic carbocycles. The average molecular weight is 1440 g/mol. The Kier molecular flexibility index (Phi) is 35.4. The zero-order chi connectivity index (χ0) is 63.5. The van der Waals surface area contributed by atoms with Gasteiger partial charge in [0.05, 0.1) is 21.3 Å². The first-order valence-electron chi connectivity index (χ1n) is 25.4. The number of benzene rings is 9. The van der Waals surface area contributed by atoms with Gasteiger partial charge < -0.3 is 44.8 Å². The third-order valence-electron chi connectivity index (χ3n) is 12.1. The zero-order valence-electron chi connectivity index (χ0n) is 47.5. The molecule has 11 nitrogen and oxygen atoms in total. The van der Waals surface area contributed by atoms with E-state index in [2.05, 4.69) is 72.7 Å². The molecule has 9 rings (SSSR count). The molecule has 0 heterocycles. The Hall–Kier alpha value is -6.28. The van der Waals surface area contributed by atoms with Crippen molar-refractivity contribution in [3.8, 4) is 51.7 Å². The molecule has 85 heavy (non-hydrogen) atoms. The monoisotopic (exact) mass is 1440 g/mol. The molecule has 0 radical (unpaired) electrons. The van der Waals surface area contributed by atoms with Crippen LogP contribution in [-0.4, -0.2) is 77.6 Å². The van der Waals surface area contributed by atoms with Crippen molar-refractivity contribution in [2.75, 3.05) is 21.3 Å². The van der Waals surface area contributed by atoms with E-state index in [9.17, 15) is 35.1 Å². The molecule has 0 amide bonds. The van der Waals surface area contributed by atoms with E-state index in [1.807, 2.05) is 121 Å². The van der Waals surface area contributed by atoms with Gasteiger partial charge >= 0.3 is 14.6 Å². The summed E-state index contributed by atoms with van der Waals surface area (Å²) in [7, 11) is 19.7. The SMILES string of the molecule is BrB(Br)Br.CC(=O)Cl.CC(c1ccc(O)cc1)(c1ccc(O)cc1)c1ccc(O)cc1.COc1ccc(C(C)(c2ccc(O)cc2)c2ccc(O)cc2)cc1.COc1ccc(C(C)=O)cc1.COc1ccccc1.Oc1ccccc1.[Cl][Al]([Cl])[Cl]. The molecular weight excluding hydrogens is 1380 g/mol. The number of ether oxygens (including phenoxy) is 3. The van der Waals surface area contributed by atoms with E-state index >= 15 is 0 Å². The van der Waals surface area contributed by atoms with Crippen LogP contribution in [0, 0.1) is 0 Å². The first-order valence-corrected chi connectivity index (χ1v) is 33.8. The lowest BCUT2D eigenvalue weighted by Crippen LogP contribution is -2.25. The minimum absolute atomic E-state index is 0.0765. The summed E-state index contributed by atoms with van der Waals surface area (Å²) in [6, 6.07) is 69.1. The average Bonchev–Trinajstić information content (AvgIpc) is 2.80. The van der Waals surface area contributed by atoms with Crippen LogP contribution >= 0.6 is 89.0 Å². The van der Waals surface area contributed by atoms with Crippen LogP contribution in [0.15, 0.2) is 231 Å². The summed E-state index contributed by atoms with van der Waals surface area (Å²) >= 11 is 12.2. The van der Waals surface area contributed by atoms with Crippen molar-refractivity contribution < 1.29 is 54.4 Å². The highest BCUT2D eigenvalue weighted by Crippen LogP contribution is 2.42. The molecule has 0 aliphatic carbocycles. The number of phenols is 6. The number of carbonyl (C=O) groups is 2. The molecule has 0 fully saturated rings. The molecule has 0 atom stereocenters. The Morgan fingerprint density at radius 1 is 0.376 bits per heavy atom. The fourth-order valence-electron chi connectivity index (χ4n) is 7.71. The van der Waals surface area contributed by atoms with Crippen LogP contribution in [0.25, 0.3) is 0 Å². The van der Waals surface area contributed by atoms with Gasteiger partial charge in [-0.1, -0.05) is 109 Å². The van der Waals surface area contributed by atoms with Gasteiger partial charge in [0.1, 0.15) is 51.7 Å². The van der Waals surface area contributed by atoms with Crippen molar-refractivity contribution in [2.45, 2.75) is 38.5 Å². The lowest BCUT2D eigenvalue weighted by Gasteiger charge is -2.32. The number of hydrogen-bond acceptors (Lipinski definition) is 11. The second-order valence-electron chi connectivity index (χ2n) is 17.8. The quantitative estimate of drug-likeness (QED) is 0.0332. The molecule has 0 unspecified atom stereocenters. The molecule has 0 saturated heterocycles. The number of carbonyl (C=O) groups excluding carboxylic acids is 2. The third kappa shape index (κ3) is 28.2. The van der Waals surface area contributed by atoms with Crippen molar-refractivity contribution in [1.82, 2.24) is 0 Å². The lowest BCUT2D eigenvalue weighted by atomic mass is 9.71. The van der Waals surface area contributed by atoms with E-state index in [1.165, 1.54) is 6.92 Å². The summed E-state index contributed by atoms with van der Waals surface area (Å²) in [5.41, 5.74) is 6.03. The van der Waals surface area contributed by atoms with Gasteiger partial charge in [0.15, 0.2) is 5.78 Å². The van der Waals surface area contributed by atoms with Gasteiger partial charge in [-0.25, -0.2) is 30.1 Å². The number of rotatable bonds is 10. The number of halogens is 7. The minimum Gasteiger partial charge on any atom is -0.508 e. The van der Waals surface area contributed by atoms with Gasteiger partial charge in [0.25, 0.3) is 0 Å². The predicted octanol–water partition coefficient (Wildman–Crippen LogP) is 18.2. The van der Waals surface area contributed by atoms with Crippen LogP contribution in [0.1, 0.15) is 71.4 Å². The number of Topliss-reactive ketones (excluding diaryl/α,β-unsaturated/α-hetero) is 1. The molecule has 446 valence electrons. The van der Waals surface area contributed by atoms with Crippen LogP contribution in [0.2, 0.25) is 0 Å². The van der Waals surface area contributed by atoms with Gasteiger partial charge in [-0.3, -0.25) is 9.59 Å². The van der Waals surface area contributed by atoms with Crippen molar-refractivity contribution in [3.63, 3.8) is 0 Å². The van der Waals surface area contributed by atoms with Crippen LogP contribution in [0.3, 0.4) is 0 Å². The number of hydrogen-bond donors (Lipinski definition) is 6. The molecule has 6 N–H and O–H groups in total. The highest BCUT2D eigenvalue weighted by molar-refractivity contribution is 9.69. The van der Waals surface area contributed by atoms with Gasteiger partial charge in [0, 0.05) is 23.3 Å². The molecule has 0 bridgehead atoms. The molecule has 20 heteroatoms. The number of phenolic OH excluding ortho intramolecular Hbond substituents is 6. The van der Waals surface area contributed by atoms with E-state index in [0.717, 1.165) is 50.6 Å². The van der Waals surface area contributed by atoms with Gasteiger partial charge in [0.2, 0.25) is 5.24 Å². The molecule has 0 aliphatic rings. The zero-order valence-corrected chi connectivity index (χ0v) is 56.4. The summed E-state index contributed by atoms with van der Waals surface area (Å²) in [5.74, 6) is 4.01. The van der Waals surface area contributed by atoms with Crippen molar-refractivity contribution in [3.05, 3.63) is 269 Å². The Morgan fingerprint density at radius 3 is 0.729 bits per heavy atom. The summed E-state index contributed by atoms with van der Waals surface area (Å²) in [6.45, 7) is 7.05. The topological polar surface area (TPSA) is 183 Å². The number of aromatic hydroxyl groups is 6. The Balaban J connectivity index is 0.000000368. The van der Waals surface area contributed by atoms with E-state index in [0.29, 0.717) is 11.3 Å². The Labute approximate surface area is 545 Å². The summed E-state index contributed by atoms with van der Waals surface area (Å²) in [4.78, 5) is 20.0. The smallest absolute Gasteiger partial charge is 0.508 e. The van der Waals surface area contributed by atoms with E-state index in [-0.39, 0.29) is 43.0 Å². The molecule has 0 spiro atoms. The first kappa shape index (κ1) is 74.8. The largest absolute Gasteiger partial charge is 0.643 e. The predicted molar refractivity (Wildman–Crippen MR) is 361 cm³/mol. The third-order valence-corrected chi connectivity index (χ3v) is 12.1. The molecule has 0 aromatic heterocycles. The Bertz CT molecular complexity index is 3100. The highest BCUT2D eigenvalue weighted by Gasteiger charge is 2.32. The van der Waals surface area contributed by atoms with Gasteiger partial charge in [-0.15, -0.1) is 47.3 Å². The fraction of sp³-hybridized carbons (Fsp3) is 0.138. The van der Waals surface area contributed by atoms with Gasteiger partial charge in [-0.05, 0) is 187 Å². The Morgan fingerprint density at radius 2 is 0.553 bits per heavy atom. The molecule has 0 saturated carbocycles. The maximum atomic E-state index is 10.8. The molecule has 9 aromatic rings. The lowest BCUT2D eigenvalue weighted by molar-refractivity contribution is -0.109. The summed E-state index contributed by atoms with van der Waals surface area (Å²) < 4.78 is 15.4. The normalized spacial score (nSPS) is 9.91. The van der Waals surface area contributed by atoms with Crippen LogP contribution < -0.4 is 14.2 Å². The first-order chi connectivity index (χ1) is 40.3. The summed E-state index contributed by atoms with van der Waals surface area (Å²) in [5, 5.41) is 56.2. The van der Waals surface area contributed by atoms with Crippen LogP contribution in [0.4, 0.5) is 0 Å². The van der Waals surface area contributed by atoms with E-state index < -0.39 is 22.2 Å².